The van der Waals surface area contributed by atoms with Gasteiger partial charge in [0.15, 0.2) is 0 Å². The Morgan fingerprint density at radius 1 is 1.40 bits per heavy atom. The van der Waals surface area contributed by atoms with Crippen molar-refractivity contribution in [3.63, 3.8) is 0 Å². The molecule has 1 heterocycles. The van der Waals surface area contributed by atoms with Crippen molar-refractivity contribution < 1.29 is 4.79 Å². The van der Waals surface area contributed by atoms with E-state index in [0.29, 0.717) is 24.0 Å². The Morgan fingerprint density at radius 3 is 2.90 bits per heavy atom. The van der Waals surface area contributed by atoms with Crippen molar-refractivity contribution in [2.24, 2.45) is 5.92 Å². The second-order valence-electron chi connectivity index (χ2n) is 5.07. The number of carbonyl (C=O) groups is 1. The molecule has 1 aromatic heterocycles. The third kappa shape index (κ3) is 3.02. The monoisotopic (exact) mass is 289 g/mol. The first-order valence-corrected chi connectivity index (χ1v) is 7.12. The van der Waals surface area contributed by atoms with E-state index in [1.165, 1.54) is 5.56 Å². The van der Waals surface area contributed by atoms with Crippen LogP contribution in [0.15, 0.2) is 42.7 Å². The molecule has 0 spiro atoms. The van der Waals surface area contributed by atoms with Crippen LogP contribution in [0.2, 0.25) is 5.02 Å². The number of hydrogen-bond acceptors (Lipinski definition) is 2. The summed E-state index contributed by atoms with van der Waals surface area (Å²) in [6.07, 6.45) is 4.29. The van der Waals surface area contributed by atoms with E-state index in [4.69, 9.17) is 11.6 Å². The van der Waals surface area contributed by atoms with Crippen LogP contribution < -0.4 is 5.32 Å². The molecule has 0 saturated heterocycles. The van der Waals surface area contributed by atoms with Gasteiger partial charge in [-0.1, -0.05) is 41.9 Å². The van der Waals surface area contributed by atoms with E-state index in [-0.39, 0.29) is 11.8 Å². The summed E-state index contributed by atoms with van der Waals surface area (Å²) >= 11 is 5.78. The molecule has 1 aromatic carbocycles. The predicted molar refractivity (Wildman–Crippen MR) is 77.5 cm³/mol. The summed E-state index contributed by atoms with van der Waals surface area (Å²) in [5.74, 6) is 0.645. The quantitative estimate of drug-likeness (QED) is 0.919. The first-order valence-electron chi connectivity index (χ1n) is 6.74. The fourth-order valence-electron chi connectivity index (χ4n) is 2.44. The van der Waals surface area contributed by atoms with Crippen LogP contribution >= 0.6 is 11.6 Å². The van der Waals surface area contributed by atoms with Crippen LogP contribution in [0.3, 0.4) is 0 Å². The zero-order valence-corrected chi connectivity index (χ0v) is 11.8. The number of amides is 1. The fraction of sp³-hybridized carbons (Fsp3) is 0.333. The van der Waals surface area contributed by atoms with Crippen LogP contribution in [-0.2, 0) is 11.3 Å². The minimum absolute atomic E-state index is 0.124. The van der Waals surface area contributed by atoms with Crippen LogP contribution in [0.5, 0.6) is 0 Å². The first-order chi connectivity index (χ1) is 9.74. The Kier molecular flexibility index (Phi) is 3.74. The Morgan fingerprint density at radius 2 is 2.20 bits per heavy atom. The minimum atomic E-state index is 0.124. The summed E-state index contributed by atoms with van der Waals surface area (Å²) in [6.45, 7) is 1.22. The lowest BCUT2D eigenvalue weighted by molar-refractivity contribution is -0.122. The van der Waals surface area contributed by atoms with Crippen molar-refractivity contribution in [1.29, 1.82) is 0 Å². The maximum Gasteiger partial charge on any atom is 0.223 e. The molecular weight excluding hydrogens is 274 g/mol. The highest BCUT2D eigenvalue weighted by Crippen LogP contribution is 2.47. The third-order valence-corrected chi connectivity index (χ3v) is 3.79. The van der Waals surface area contributed by atoms with Gasteiger partial charge in [0.2, 0.25) is 5.91 Å². The Labute approximate surface area is 122 Å². The van der Waals surface area contributed by atoms with Crippen LogP contribution in [-0.4, -0.2) is 22.2 Å². The van der Waals surface area contributed by atoms with Gasteiger partial charge >= 0.3 is 0 Å². The lowest BCUT2D eigenvalue weighted by Gasteiger charge is -2.05. The molecule has 1 aliphatic rings. The number of nitrogens with zero attached hydrogens (tertiary/aromatic N) is 2. The van der Waals surface area contributed by atoms with Crippen molar-refractivity contribution in [2.75, 3.05) is 6.54 Å². The molecule has 1 fully saturated rings. The molecule has 1 aliphatic carbocycles. The van der Waals surface area contributed by atoms with E-state index >= 15 is 0 Å². The van der Waals surface area contributed by atoms with Crippen LogP contribution in [0.1, 0.15) is 17.9 Å². The summed E-state index contributed by atoms with van der Waals surface area (Å²) in [6, 6.07) is 10.2. The Balaban J connectivity index is 1.45. The molecule has 0 unspecified atom stereocenters. The van der Waals surface area contributed by atoms with Crippen molar-refractivity contribution >= 4 is 17.5 Å². The molecule has 1 saturated carbocycles. The lowest BCUT2D eigenvalue weighted by Crippen LogP contribution is -2.29. The second-order valence-corrected chi connectivity index (χ2v) is 5.51. The van der Waals surface area contributed by atoms with Crippen LogP contribution in [0.25, 0.3) is 0 Å². The van der Waals surface area contributed by atoms with Gasteiger partial charge in [0, 0.05) is 18.7 Å². The van der Waals surface area contributed by atoms with Gasteiger partial charge in [-0.15, -0.1) is 0 Å². The number of carbonyl (C=O) groups excluding carboxylic acids is 1. The van der Waals surface area contributed by atoms with E-state index in [1.807, 2.05) is 18.2 Å². The molecule has 3 rings (SSSR count). The minimum Gasteiger partial charge on any atom is -0.354 e. The molecule has 104 valence electrons. The van der Waals surface area contributed by atoms with Crippen molar-refractivity contribution in [2.45, 2.75) is 18.9 Å². The fourth-order valence-corrected chi connectivity index (χ4v) is 2.60. The zero-order valence-electron chi connectivity index (χ0n) is 11.0. The number of benzene rings is 1. The zero-order chi connectivity index (χ0) is 13.9. The first kappa shape index (κ1) is 13.2. The lowest BCUT2D eigenvalue weighted by atomic mass is 10.1. The number of aromatic nitrogens is 2. The number of hydrogen-bond donors (Lipinski definition) is 1. The molecule has 0 radical (unpaired) electrons. The van der Waals surface area contributed by atoms with E-state index in [9.17, 15) is 4.79 Å². The van der Waals surface area contributed by atoms with Crippen LogP contribution in [0, 0.1) is 5.92 Å². The maximum absolute atomic E-state index is 12.0. The topological polar surface area (TPSA) is 46.9 Å². The predicted octanol–water partition coefficient (Wildman–Crippen LogP) is 2.46. The van der Waals surface area contributed by atoms with Gasteiger partial charge in [0.25, 0.3) is 0 Å². The van der Waals surface area contributed by atoms with Crippen molar-refractivity contribution in [1.82, 2.24) is 15.1 Å². The summed E-state index contributed by atoms with van der Waals surface area (Å²) < 4.78 is 1.73. The summed E-state index contributed by atoms with van der Waals surface area (Å²) in [5.41, 5.74) is 1.26. The van der Waals surface area contributed by atoms with Gasteiger partial charge in [-0.05, 0) is 17.9 Å². The Bertz CT molecular complexity index is 596. The van der Waals surface area contributed by atoms with Gasteiger partial charge in [0.1, 0.15) is 0 Å². The van der Waals surface area contributed by atoms with Gasteiger partial charge in [-0.3, -0.25) is 9.48 Å². The van der Waals surface area contributed by atoms with E-state index < -0.39 is 0 Å². The van der Waals surface area contributed by atoms with E-state index in [0.717, 1.165) is 6.42 Å². The standard InChI is InChI=1S/C15H16ClN3O/c16-12-9-18-19(10-12)7-6-17-15(20)14-8-13(14)11-4-2-1-3-5-11/h1-5,9-10,13-14H,6-8H2,(H,17,20)/t13-,14-/m0/s1. The summed E-state index contributed by atoms with van der Waals surface area (Å²) in [4.78, 5) is 12.0. The molecule has 1 amide bonds. The normalized spacial score (nSPS) is 20.6. The van der Waals surface area contributed by atoms with Gasteiger partial charge in [0.05, 0.1) is 17.8 Å². The van der Waals surface area contributed by atoms with Crippen molar-refractivity contribution in [3.8, 4) is 0 Å². The largest absolute Gasteiger partial charge is 0.354 e. The average molecular weight is 290 g/mol. The molecule has 1 N–H and O–H groups in total. The SMILES string of the molecule is O=C(NCCn1cc(Cl)cn1)[C@H]1C[C@H]1c1ccccc1. The van der Waals surface area contributed by atoms with Gasteiger partial charge in [-0.2, -0.15) is 5.10 Å². The highest BCUT2D eigenvalue weighted by Gasteiger charge is 2.43. The Hall–Kier alpha value is -1.81. The third-order valence-electron chi connectivity index (χ3n) is 3.60. The number of halogens is 1. The van der Waals surface area contributed by atoms with Crippen LogP contribution in [0.4, 0.5) is 0 Å². The molecule has 2 atom stereocenters. The second kappa shape index (κ2) is 5.67. The van der Waals surface area contributed by atoms with E-state index in [1.54, 1.807) is 17.1 Å². The van der Waals surface area contributed by atoms with E-state index in [2.05, 4.69) is 22.5 Å². The molecule has 5 heteroatoms. The average Bonchev–Trinajstić information content (AvgIpc) is 3.17. The number of nitrogens with one attached hydrogen (secondary N) is 1. The van der Waals surface area contributed by atoms with Crippen molar-refractivity contribution in [3.05, 3.63) is 53.3 Å². The molecule has 0 aliphatic heterocycles. The van der Waals surface area contributed by atoms with Gasteiger partial charge < -0.3 is 5.32 Å². The smallest absolute Gasteiger partial charge is 0.223 e. The summed E-state index contributed by atoms with van der Waals surface area (Å²) in [5, 5.41) is 7.64. The maximum atomic E-state index is 12.0. The molecule has 2 aromatic rings. The highest BCUT2D eigenvalue weighted by atomic mass is 35.5. The summed E-state index contributed by atoms with van der Waals surface area (Å²) in [7, 11) is 0. The highest BCUT2D eigenvalue weighted by molar-refractivity contribution is 6.30. The molecule has 20 heavy (non-hydrogen) atoms. The number of rotatable bonds is 5. The molecular formula is C15H16ClN3O. The molecule has 0 bridgehead atoms. The van der Waals surface area contributed by atoms with Gasteiger partial charge in [-0.25, -0.2) is 0 Å². The molecule has 4 nitrogen and oxygen atoms in total.